The van der Waals surface area contributed by atoms with Crippen LogP contribution >= 0.6 is 0 Å². The maximum Gasteiger partial charge on any atom is 0.417 e. The summed E-state index contributed by atoms with van der Waals surface area (Å²) < 4.78 is 50.7. The van der Waals surface area contributed by atoms with Crippen molar-refractivity contribution in [2.24, 2.45) is 5.92 Å². The van der Waals surface area contributed by atoms with Gasteiger partial charge in [0, 0.05) is 0 Å². The minimum absolute atomic E-state index is 0.0467. The summed E-state index contributed by atoms with van der Waals surface area (Å²) in [4.78, 5) is 12.6. The van der Waals surface area contributed by atoms with E-state index in [-0.39, 0.29) is 5.92 Å². The smallest absolute Gasteiger partial charge is 0.417 e. The SMILES string of the molecule is CC(C)C(NC(=O)c1ccccc1C(F)(F)F)c1ccc2c(c1)OCCO2. The Hall–Kier alpha value is -2.70. The van der Waals surface area contributed by atoms with Gasteiger partial charge >= 0.3 is 6.18 Å². The van der Waals surface area contributed by atoms with Gasteiger partial charge in [0.1, 0.15) is 13.2 Å². The predicted molar refractivity (Wildman–Crippen MR) is 93.9 cm³/mol. The molecule has 0 spiro atoms. The Labute approximate surface area is 155 Å². The van der Waals surface area contributed by atoms with E-state index >= 15 is 0 Å². The van der Waals surface area contributed by atoms with Gasteiger partial charge in [-0.3, -0.25) is 4.79 Å². The van der Waals surface area contributed by atoms with Crippen LogP contribution in [0.25, 0.3) is 0 Å². The molecule has 144 valence electrons. The molecule has 1 heterocycles. The highest BCUT2D eigenvalue weighted by Gasteiger charge is 2.35. The van der Waals surface area contributed by atoms with E-state index in [1.165, 1.54) is 18.2 Å². The van der Waals surface area contributed by atoms with Gasteiger partial charge in [-0.2, -0.15) is 13.2 Å². The van der Waals surface area contributed by atoms with Crippen LogP contribution in [-0.2, 0) is 6.18 Å². The third-order valence-electron chi connectivity index (χ3n) is 4.36. The molecule has 0 saturated carbocycles. The quantitative estimate of drug-likeness (QED) is 0.844. The molecule has 1 amide bonds. The summed E-state index contributed by atoms with van der Waals surface area (Å²) in [5.74, 6) is 0.363. The second-order valence-electron chi connectivity index (χ2n) is 6.64. The van der Waals surface area contributed by atoms with E-state index in [1.807, 2.05) is 13.8 Å². The van der Waals surface area contributed by atoms with Crippen LogP contribution in [0.2, 0.25) is 0 Å². The zero-order chi connectivity index (χ0) is 19.6. The molecule has 0 radical (unpaired) electrons. The molecular weight excluding hydrogens is 359 g/mol. The fourth-order valence-electron chi connectivity index (χ4n) is 3.04. The van der Waals surface area contributed by atoms with Crippen molar-refractivity contribution in [3.63, 3.8) is 0 Å². The van der Waals surface area contributed by atoms with Gasteiger partial charge in [0.15, 0.2) is 11.5 Å². The predicted octanol–water partition coefficient (Wildman–Crippen LogP) is 4.60. The number of rotatable bonds is 4. The van der Waals surface area contributed by atoms with E-state index in [4.69, 9.17) is 9.47 Å². The number of hydrogen-bond acceptors (Lipinski definition) is 3. The standard InChI is InChI=1S/C20H20F3NO3/c1-12(2)18(13-7-8-16-17(11-13)27-10-9-26-16)24-19(25)14-5-3-4-6-15(14)20(21,22)23/h3-8,11-12,18H,9-10H2,1-2H3,(H,24,25). The number of fused-ring (bicyclic) bond motifs is 1. The van der Waals surface area contributed by atoms with Crippen LogP contribution < -0.4 is 14.8 Å². The molecule has 2 aromatic carbocycles. The first kappa shape index (κ1) is 19.1. The normalized spacial score (nSPS) is 14.7. The van der Waals surface area contributed by atoms with Gasteiger partial charge in [-0.05, 0) is 35.7 Å². The molecule has 0 saturated heterocycles. The minimum Gasteiger partial charge on any atom is -0.486 e. The maximum atomic E-state index is 13.2. The summed E-state index contributed by atoms with van der Waals surface area (Å²) in [6, 6.07) is 9.58. The van der Waals surface area contributed by atoms with Gasteiger partial charge in [-0.15, -0.1) is 0 Å². The lowest BCUT2D eigenvalue weighted by Gasteiger charge is -2.26. The van der Waals surface area contributed by atoms with Crippen LogP contribution in [0, 0.1) is 5.92 Å². The van der Waals surface area contributed by atoms with Crippen molar-refractivity contribution in [1.82, 2.24) is 5.32 Å². The van der Waals surface area contributed by atoms with Gasteiger partial charge < -0.3 is 14.8 Å². The molecule has 0 bridgehead atoms. The van der Waals surface area contributed by atoms with Gasteiger partial charge in [-0.25, -0.2) is 0 Å². The second-order valence-corrected chi connectivity index (χ2v) is 6.64. The molecule has 4 nitrogen and oxygen atoms in total. The first-order chi connectivity index (χ1) is 12.8. The number of carbonyl (C=O) groups excluding carboxylic acids is 1. The van der Waals surface area contributed by atoms with Gasteiger partial charge in [0.25, 0.3) is 5.91 Å². The summed E-state index contributed by atoms with van der Waals surface area (Å²) >= 11 is 0. The van der Waals surface area contributed by atoms with E-state index in [0.717, 1.165) is 11.6 Å². The molecular formula is C20H20F3NO3. The average molecular weight is 379 g/mol. The van der Waals surface area contributed by atoms with Crippen molar-refractivity contribution in [2.75, 3.05) is 13.2 Å². The van der Waals surface area contributed by atoms with Crippen molar-refractivity contribution < 1.29 is 27.4 Å². The first-order valence-electron chi connectivity index (χ1n) is 8.64. The highest BCUT2D eigenvalue weighted by Crippen LogP contribution is 2.35. The summed E-state index contributed by atoms with van der Waals surface area (Å²) in [5.41, 5.74) is -0.604. The first-order valence-corrected chi connectivity index (χ1v) is 8.64. The molecule has 1 N–H and O–H groups in total. The minimum atomic E-state index is -4.60. The van der Waals surface area contributed by atoms with Gasteiger partial charge in [-0.1, -0.05) is 32.0 Å². The Morgan fingerprint density at radius 3 is 2.37 bits per heavy atom. The molecule has 2 aromatic rings. The Balaban J connectivity index is 1.89. The van der Waals surface area contributed by atoms with Crippen LogP contribution in [-0.4, -0.2) is 19.1 Å². The average Bonchev–Trinajstić information content (AvgIpc) is 2.64. The fraction of sp³-hybridized carbons (Fsp3) is 0.350. The molecule has 0 aromatic heterocycles. The van der Waals surface area contributed by atoms with Crippen molar-refractivity contribution in [1.29, 1.82) is 0 Å². The summed E-state index contributed by atoms with van der Waals surface area (Å²) in [7, 11) is 0. The van der Waals surface area contributed by atoms with Crippen LogP contribution in [0.5, 0.6) is 11.5 Å². The molecule has 1 aliphatic heterocycles. The van der Waals surface area contributed by atoms with Gasteiger partial charge in [0.2, 0.25) is 0 Å². The molecule has 3 rings (SSSR count). The summed E-state index contributed by atoms with van der Waals surface area (Å²) in [6.45, 7) is 4.66. The number of nitrogens with one attached hydrogen (secondary N) is 1. The van der Waals surface area contributed by atoms with Crippen molar-refractivity contribution in [3.8, 4) is 11.5 Å². The summed E-state index contributed by atoms with van der Waals surface area (Å²) in [5, 5.41) is 2.73. The Kier molecular flexibility index (Phi) is 5.30. The number of carbonyl (C=O) groups is 1. The van der Waals surface area contributed by atoms with Crippen LogP contribution in [0.4, 0.5) is 13.2 Å². The zero-order valence-electron chi connectivity index (χ0n) is 15.0. The lowest BCUT2D eigenvalue weighted by molar-refractivity contribution is -0.137. The molecule has 27 heavy (non-hydrogen) atoms. The van der Waals surface area contributed by atoms with E-state index in [0.29, 0.717) is 24.7 Å². The molecule has 1 aliphatic rings. The van der Waals surface area contributed by atoms with Crippen molar-refractivity contribution in [2.45, 2.75) is 26.1 Å². The van der Waals surface area contributed by atoms with E-state index in [9.17, 15) is 18.0 Å². The molecule has 0 fully saturated rings. The highest BCUT2D eigenvalue weighted by atomic mass is 19.4. The Bertz CT molecular complexity index is 833. The van der Waals surface area contributed by atoms with E-state index in [2.05, 4.69) is 5.32 Å². The second kappa shape index (κ2) is 7.50. The lowest BCUT2D eigenvalue weighted by Crippen LogP contribution is -2.33. The van der Waals surface area contributed by atoms with Crippen molar-refractivity contribution >= 4 is 5.91 Å². The number of alkyl halides is 3. The number of ether oxygens (including phenoxy) is 2. The Morgan fingerprint density at radius 1 is 1.04 bits per heavy atom. The topological polar surface area (TPSA) is 47.6 Å². The summed E-state index contributed by atoms with van der Waals surface area (Å²) in [6.07, 6.45) is -4.60. The van der Waals surface area contributed by atoms with Crippen LogP contribution in [0.15, 0.2) is 42.5 Å². The van der Waals surface area contributed by atoms with Gasteiger partial charge in [0.05, 0.1) is 17.2 Å². The largest absolute Gasteiger partial charge is 0.486 e. The monoisotopic (exact) mass is 379 g/mol. The van der Waals surface area contributed by atoms with Crippen LogP contribution in [0.1, 0.15) is 41.4 Å². The highest BCUT2D eigenvalue weighted by molar-refractivity contribution is 5.96. The molecule has 1 atom stereocenters. The molecule has 7 heteroatoms. The zero-order valence-corrected chi connectivity index (χ0v) is 15.0. The fourth-order valence-corrected chi connectivity index (χ4v) is 3.04. The number of amides is 1. The van der Waals surface area contributed by atoms with Crippen LogP contribution in [0.3, 0.4) is 0 Å². The number of halogens is 3. The molecule has 1 unspecified atom stereocenters. The van der Waals surface area contributed by atoms with E-state index in [1.54, 1.807) is 18.2 Å². The van der Waals surface area contributed by atoms with Crippen molar-refractivity contribution in [3.05, 3.63) is 59.2 Å². The third-order valence-corrected chi connectivity index (χ3v) is 4.36. The maximum absolute atomic E-state index is 13.2. The van der Waals surface area contributed by atoms with E-state index < -0.39 is 29.3 Å². The molecule has 0 aliphatic carbocycles. The third kappa shape index (κ3) is 4.18. The Morgan fingerprint density at radius 2 is 1.70 bits per heavy atom. The number of hydrogen-bond donors (Lipinski definition) is 1. The lowest BCUT2D eigenvalue weighted by atomic mass is 9.94. The number of benzene rings is 2.